The molecule has 0 aliphatic carbocycles. The van der Waals surface area contributed by atoms with E-state index in [1.165, 1.54) is 0 Å². The molecule has 3 heteroatoms. The fourth-order valence-corrected chi connectivity index (χ4v) is 3.95. The van der Waals surface area contributed by atoms with Crippen LogP contribution in [0.1, 0.15) is 21.9 Å². The van der Waals surface area contributed by atoms with Crippen LogP contribution in [0.5, 0.6) is 0 Å². The Kier molecular flexibility index (Phi) is 2.33. The van der Waals surface area contributed by atoms with E-state index in [0.717, 1.165) is 0 Å². The quantitative estimate of drug-likeness (QED) is 0.241. The molecular formula is C33H21N3. The van der Waals surface area contributed by atoms with Gasteiger partial charge in [-0.05, 0) is 38.4 Å². The molecule has 0 N–H and O–H groups in total. The molecule has 0 fully saturated rings. The van der Waals surface area contributed by atoms with E-state index < -0.39 is 119 Å². The van der Waals surface area contributed by atoms with Crippen molar-refractivity contribution in [3.05, 3.63) is 127 Å². The van der Waals surface area contributed by atoms with Crippen LogP contribution < -0.4 is 0 Å². The lowest BCUT2D eigenvalue weighted by atomic mass is 9.93. The zero-order valence-electron chi connectivity index (χ0n) is 34.2. The summed E-state index contributed by atoms with van der Waals surface area (Å²) in [5.74, 6) is -0.937. The summed E-state index contributed by atoms with van der Waals surface area (Å²) in [6.45, 7) is 0. The van der Waals surface area contributed by atoms with Crippen molar-refractivity contribution >= 4 is 32.3 Å². The van der Waals surface area contributed by atoms with Crippen LogP contribution in [0.3, 0.4) is 0 Å². The van der Waals surface area contributed by atoms with Crippen molar-refractivity contribution < 1.29 is 21.9 Å². The number of hydrogen-bond donors (Lipinski definition) is 0. The largest absolute Gasteiger partial charge is 0.208 e. The first-order valence-corrected chi connectivity index (χ1v) is 10.8. The average molecular weight is 476 g/mol. The van der Waals surface area contributed by atoms with Crippen molar-refractivity contribution in [1.82, 2.24) is 15.0 Å². The Morgan fingerprint density at radius 1 is 0.389 bits per heavy atom. The molecule has 1 aromatic heterocycles. The van der Waals surface area contributed by atoms with Gasteiger partial charge in [-0.1, -0.05) is 121 Å². The second-order valence-electron chi connectivity index (χ2n) is 7.67. The lowest BCUT2D eigenvalue weighted by Crippen LogP contribution is -2.00. The maximum absolute atomic E-state index is 9.51. The molecule has 0 bridgehead atoms. The van der Waals surface area contributed by atoms with Crippen molar-refractivity contribution in [1.29, 1.82) is 0 Å². The van der Waals surface area contributed by atoms with Gasteiger partial charge in [0.05, 0.1) is 21.9 Å². The zero-order chi connectivity index (χ0) is 37.8. The van der Waals surface area contributed by atoms with E-state index in [9.17, 15) is 2.74 Å². The fraction of sp³-hybridized carbons (Fsp3) is 0. The molecule has 0 aliphatic heterocycles. The van der Waals surface area contributed by atoms with Crippen molar-refractivity contribution in [3.63, 3.8) is 0 Å². The van der Waals surface area contributed by atoms with Gasteiger partial charge in [0.15, 0.2) is 17.5 Å². The van der Waals surface area contributed by atoms with E-state index in [1.807, 2.05) is 0 Å². The van der Waals surface area contributed by atoms with Gasteiger partial charge in [0.25, 0.3) is 0 Å². The van der Waals surface area contributed by atoms with Crippen molar-refractivity contribution in [2.45, 2.75) is 0 Å². The standard InChI is InChI=1S/C33H21N3/c1-3-11-22(12-4-1)31-34-32(23-13-5-2-6-14-23)36-33(35-31)24-19-20-29-27-17-8-7-15-25(27)26-16-9-10-18-28(26)30(29)21-24/h1-21H/i1D,3D,4D,7D,8D,9D,10D,11D,12D,15D,16D,17D,18D,19D,20D,21D. The lowest BCUT2D eigenvalue weighted by Gasteiger charge is -2.12. The van der Waals surface area contributed by atoms with Gasteiger partial charge in [0.2, 0.25) is 0 Å². The third-order valence-corrected chi connectivity index (χ3v) is 5.55. The Bertz CT molecular complexity index is 2680. The number of benzene rings is 6. The van der Waals surface area contributed by atoms with Gasteiger partial charge < -0.3 is 0 Å². The summed E-state index contributed by atoms with van der Waals surface area (Å²) < 4.78 is 138. The minimum absolute atomic E-state index is 0.0859. The first-order valence-electron chi connectivity index (χ1n) is 18.8. The molecule has 7 aromatic rings. The predicted octanol–water partition coefficient (Wildman–Crippen LogP) is 8.33. The smallest absolute Gasteiger partial charge is 0.164 e. The van der Waals surface area contributed by atoms with Crippen molar-refractivity contribution in [2.24, 2.45) is 0 Å². The van der Waals surface area contributed by atoms with E-state index in [1.54, 1.807) is 30.3 Å². The van der Waals surface area contributed by atoms with Gasteiger partial charge in [-0.15, -0.1) is 0 Å². The van der Waals surface area contributed by atoms with E-state index in [4.69, 9.17) is 19.2 Å². The lowest BCUT2D eigenvalue weighted by molar-refractivity contribution is 1.07. The van der Waals surface area contributed by atoms with Crippen LogP contribution in [0.15, 0.2) is 127 Å². The highest BCUT2D eigenvalue weighted by atomic mass is 15.0. The summed E-state index contributed by atoms with van der Waals surface area (Å²) in [5, 5.41) is -1.95. The fourth-order valence-electron chi connectivity index (χ4n) is 3.95. The molecule has 3 nitrogen and oxygen atoms in total. The van der Waals surface area contributed by atoms with E-state index >= 15 is 0 Å². The Morgan fingerprint density at radius 3 is 1.47 bits per heavy atom. The van der Waals surface area contributed by atoms with E-state index in [2.05, 4.69) is 15.0 Å². The summed E-state index contributed by atoms with van der Waals surface area (Å²) >= 11 is 0. The monoisotopic (exact) mass is 475 g/mol. The molecule has 168 valence electrons. The van der Waals surface area contributed by atoms with Gasteiger partial charge in [-0.25, -0.2) is 15.0 Å². The molecule has 0 saturated carbocycles. The van der Waals surface area contributed by atoms with E-state index in [-0.39, 0.29) is 38.1 Å². The highest BCUT2D eigenvalue weighted by Gasteiger charge is 2.14. The zero-order valence-corrected chi connectivity index (χ0v) is 18.2. The molecule has 0 amide bonds. The summed E-state index contributed by atoms with van der Waals surface area (Å²) in [6, 6.07) is -2.37. The molecule has 0 spiro atoms. The maximum Gasteiger partial charge on any atom is 0.164 e. The normalized spacial score (nSPS) is 17.6. The molecule has 7 rings (SSSR count). The number of aromatic nitrogens is 3. The highest BCUT2D eigenvalue weighted by molar-refractivity contribution is 6.25. The minimum atomic E-state index is -0.712. The first-order chi connectivity index (χ1) is 24.5. The summed E-state index contributed by atoms with van der Waals surface area (Å²) in [6.07, 6.45) is 0. The number of nitrogens with zero attached hydrogens (tertiary/aromatic N) is 3. The average Bonchev–Trinajstić information content (AvgIpc) is 3.14. The molecule has 0 unspecified atom stereocenters. The second kappa shape index (κ2) is 8.40. The van der Waals surface area contributed by atoms with Gasteiger partial charge in [0.1, 0.15) is 0 Å². The van der Waals surface area contributed by atoms with Gasteiger partial charge in [0, 0.05) is 16.7 Å². The highest BCUT2D eigenvalue weighted by Crippen LogP contribution is 2.37. The van der Waals surface area contributed by atoms with Gasteiger partial charge in [-0.2, -0.15) is 0 Å². The summed E-state index contributed by atoms with van der Waals surface area (Å²) in [5.41, 5.74) is -0.468. The van der Waals surface area contributed by atoms with Crippen molar-refractivity contribution in [3.8, 4) is 34.2 Å². The molecule has 0 saturated heterocycles. The molecule has 36 heavy (non-hydrogen) atoms. The molecule has 0 aliphatic rings. The number of hydrogen-bond acceptors (Lipinski definition) is 3. The van der Waals surface area contributed by atoms with Crippen molar-refractivity contribution in [2.75, 3.05) is 0 Å². The predicted molar refractivity (Wildman–Crippen MR) is 149 cm³/mol. The van der Waals surface area contributed by atoms with Crippen LogP contribution in [0.2, 0.25) is 0 Å². The maximum atomic E-state index is 9.51. The van der Waals surface area contributed by atoms with Crippen LogP contribution >= 0.6 is 0 Å². The van der Waals surface area contributed by atoms with Gasteiger partial charge >= 0.3 is 0 Å². The second-order valence-corrected chi connectivity index (χ2v) is 7.67. The number of rotatable bonds is 3. The van der Waals surface area contributed by atoms with Crippen LogP contribution in [0.25, 0.3) is 66.5 Å². The van der Waals surface area contributed by atoms with Crippen LogP contribution in [-0.4, -0.2) is 15.0 Å². The Morgan fingerprint density at radius 2 is 0.861 bits per heavy atom. The Hall–Kier alpha value is -4.89. The Labute approximate surface area is 231 Å². The third-order valence-electron chi connectivity index (χ3n) is 5.55. The van der Waals surface area contributed by atoms with E-state index in [0.29, 0.717) is 5.56 Å². The molecule has 6 aromatic carbocycles. The van der Waals surface area contributed by atoms with Crippen LogP contribution in [-0.2, 0) is 0 Å². The van der Waals surface area contributed by atoms with Crippen LogP contribution in [0.4, 0.5) is 0 Å². The molecule has 1 heterocycles. The summed E-state index contributed by atoms with van der Waals surface area (Å²) in [7, 11) is 0. The minimum Gasteiger partial charge on any atom is -0.208 e. The SMILES string of the molecule is [2H]c1c([2H])c([2H])c(-c2nc(-c3ccccc3)nc(-c3c([2H])c([2H])c4c5c([2H])c([2H])c([2H])c([2H])c5c5c([2H])c([2H])c([2H])c([2H])c5c4c3[2H])n2)c([2H])c1[2H]. The molecule has 0 radical (unpaired) electrons. The topological polar surface area (TPSA) is 38.7 Å². The Balaban J connectivity index is 1.73. The first kappa shape index (κ1) is 10.00. The molecule has 0 atom stereocenters. The molecular weight excluding hydrogens is 438 g/mol. The number of fused-ring (bicyclic) bond motifs is 6. The van der Waals surface area contributed by atoms with Gasteiger partial charge in [-0.3, -0.25) is 0 Å². The third kappa shape index (κ3) is 3.41. The summed E-state index contributed by atoms with van der Waals surface area (Å²) in [4.78, 5) is 13.3. The van der Waals surface area contributed by atoms with Crippen LogP contribution in [0, 0.1) is 0 Å².